The highest BCUT2D eigenvalue weighted by atomic mass is 16.5. The van der Waals surface area contributed by atoms with Crippen molar-refractivity contribution in [2.75, 3.05) is 6.61 Å². The highest BCUT2D eigenvalue weighted by molar-refractivity contribution is 6.06. The molecule has 3 aromatic rings. The fourth-order valence-corrected chi connectivity index (χ4v) is 3.11. The maximum Gasteiger partial charge on any atom is 0.339 e. The van der Waals surface area contributed by atoms with E-state index in [4.69, 9.17) is 9.72 Å². The predicted octanol–water partition coefficient (Wildman–Crippen LogP) is 4.53. The maximum absolute atomic E-state index is 13.0. The number of nitrogens with one attached hydrogen (secondary N) is 1. The van der Waals surface area contributed by atoms with Crippen molar-refractivity contribution in [2.24, 2.45) is 5.92 Å². The zero-order valence-corrected chi connectivity index (χ0v) is 17.2. The van der Waals surface area contributed by atoms with Crippen LogP contribution in [0.2, 0.25) is 0 Å². The van der Waals surface area contributed by atoms with Crippen molar-refractivity contribution in [1.82, 2.24) is 10.3 Å². The van der Waals surface area contributed by atoms with E-state index in [-0.39, 0.29) is 18.6 Å². The minimum absolute atomic E-state index is 0.00868. The van der Waals surface area contributed by atoms with E-state index in [1.165, 1.54) is 0 Å². The fourth-order valence-electron chi connectivity index (χ4n) is 3.11. The van der Waals surface area contributed by atoms with Gasteiger partial charge in [0, 0.05) is 17.0 Å². The first-order valence-electron chi connectivity index (χ1n) is 9.79. The summed E-state index contributed by atoms with van der Waals surface area (Å²) in [6.07, 6.45) is 0. The van der Waals surface area contributed by atoms with E-state index in [2.05, 4.69) is 5.32 Å². The van der Waals surface area contributed by atoms with Crippen LogP contribution in [0.1, 0.15) is 36.7 Å². The molecule has 29 heavy (non-hydrogen) atoms. The molecule has 0 saturated heterocycles. The van der Waals surface area contributed by atoms with Crippen LogP contribution < -0.4 is 5.32 Å². The number of benzene rings is 2. The summed E-state index contributed by atoms with van der Waals surface area (Å²) >= 11 is 0. The van der Waals surface area contributed by atoms with Gasteiger partial charge in [-0.1, -0.05) is 62.4 Å². The molecule has 0 fully saturated rings. The molecule has 0 spiro atoms. The Balaban J connectivity index is 1.92. The van der Waals surface area contributed by atoms with Gasteiger partial charge in [0.2, 0.25) is 0 Å². The number of hydrogen-bond acceptors (Lipinski definition) is 4. The zero-order valence-electron chi connectivity index (χ0n) is 17.2. The third-order valence-corrected chi connectivity index (χ3v) is 5.11. The number of nitrogens with zero attached hydrogens (tertiary/aromatic N) is 1. The molecule has 1 amide bonds. The van der Waals surface area contributed by atoms with Crippen molar-refractivity contribution < 1.29 is 14.3 Å². The van der Waals surface area contributed by atoms with Gasteiger partial charge in [0.15, 0.2) is 6.61 Å². The summed E-state index contributed by atoms with van der Waals surface area (Å²) in [5.41, 5.74) is 3.54. The lowest BCUT2D eigenvalue weighted by atomic mass is 9.98. The van der Waals surface area contributed by atoms with Gasteiger partial charge in [-0.15, -0.1) is 0 Å². The summed E-state index contributed by atoms with van der Waals surface area (Å²) in [6, 6.07) is 17.2. The van der Waals surface area contributed by atoms with Gasteiger partial charge in [-0.25, -0.2) is 9.78 Å². The number of fused-ring (bicyclic) bond motifs is 1. The number of rotatable bonds is 6. The Morgan fingerprint density at radius 3 is 2.34 bits per heavy atom. The Labute approximate surface area is 171 Å². The summed E-state index contributed by atoms with van der Waals surface area (Å²) in [5.74, 6) is -0.529. The highest BCUT2D eigenvalue weighted by Crippen LogP contribution is 2.30. The van der Waals surface area contributed by atoms with Gasteiger partial charge in [0.05, 0.1) is 16.8 Å². The molecule has 1 atom stereocenters. The summed E-state index contributed by atoms with van der Waals surface area (Å²) in [6.45, 7) is 7.52. The van der Waals surface area contributed by atoms with Crippen LogP contribution in [0.4, 0.5) is 0 Å². The molecule has 3 rings (SSSR count). The molecule has 0 unspecified atom stereocenters. The predicted molar refractivity (Wildman–Crippen MR) is 115 cm³/mol. The van der Waals surface area contributed by atoms with Crippen LogP contribution in [-0.2, 0) is 9.53 Å². The van der Waals surface area contributed by atoms with Gasteiger partial charge in [0.1, 0.15) is 0 Å². The summed E-state index contributed by atoms with van der Waals surface area (Å²) in [7, 11) is 0. The molecular formula is C24H26N2O3. The van der Waals surface area contributed by atoms with Crippen molar-refractivity contribution in [3.05, 3.63) is 65.7 Å². The lowest BCUT2D eigenvalue weighted by Gasteiger charge is -2.18. The zero-order chi connectivity index (χ0) is 21.0. The number of para-hydroxylation sites is 1. The van der Waals surface area contributed by atoms with Crippen LogP contribution in [0.3, 0.4) is 0 Å². The Hall–Kier alpha value is -3.21. The Morgan fingerprint density at radius 2 is 1.66 bits per heavy atom. The average Bonchev–Trinajstić information content (AvgIpc) is 2.72. The summed E-state index contributed by atoms with van der Waals surface area (Å²) in [5, 5.41) is 3.56. The summed E-state index contributed by atoms with van der Waals surface area (Å²) < 4.78 is 5.37. The van der Waals surface area contributed by atoms with Crippen molar-refractivity contribution in [1.29, 1.82) is 0 Å². The lowest BCUT2D eigenvalue weighted by molar-refractivity contribution is -0.125. The Bertz CT molecular complexity index is 1030. The van der Waals surface area contributed by atoms with Gasteiger partial charge >= 0.3 is 5.97 Å². The van der Waals surface area contributed by atoms with E-state index in [1.807, 2.05) is 82.3 Å². The molecule has 0 radical (unpaired) electrons. The molecule has 2 aromatic carbocycles. The van der Waals surface area contributed by atoms with E-state index < -0.39 is 5.97 Å². The first-order chi connectivity index (χ1) is 13.9. The molecule has 0 aliphatic rings. The number of carbonyl (C=O) groups excluding carboxylic acids is 2. The molecule has 0 saturated carbocycles. The van der Waals surface area contributed by atoms with Gasteiger partial charge in [-0.3, -0.25) is 4.79 Å². The number of amides is 1. The third-order valence-electron chi connectivity index (χ3n) is 5.11. The number of esters is 1. The molecule has 5 nitrogen and oxygen atoms in total. The molecular weight excluding hydrogens is 364 g/mol. The van der Waals surface area contributed by atoms with Crippen LogP contribution in [0.5, 0.6) is 0 Å². The van der Waals surface area contributed by atoms with E-state index in [0.717, 1.165) is 16.8 Å². The van der Waals surface area contributed by atoms with Crippen molar-refractivity contribution in [2.45, 2.75) is 33.7 Å². The quantitative estimate of drug-likeness (QED) is 0.628. The number of aromatic nitrogens is 1. The molecule has 1 aromatic heterocycles. The van der Waals surface area contributed by atoms with Crippen LogP contribution in [0.25, 0.3) is 22.2 Å². The van der Waals surface area contributed by atoms with E-state index in [1.54, 1.807) is 0 Å². The number of pyridine rings is 1. The third kappa shape index (κ3) is 4.62. The maximum atomic E-state index is 13.0. The first-order valence-corrected chi connectivity index (χ1v) is 9.79. The topological polar surface area (TPSA) is 68.3 Å². The van der Waals surface area contributed by atoms with Gasteiger partial charge < -0.3 is 10.1 Å². The minimum atomic E-state index is -0.523. The standard InChI is InChI=1S/C24H26N2O3/c1-15(2)17(4)25-21(27)14-29-24(28)22-16(3)23(18-10-6-5-7-11-18)26-20-13-9-8-12-19(20)22/h5-13,15,17H,14H2,1-4H3,(H,25,27)/t17-/m0/s1. The minimum Gasteiger partial charge on any atom is -0.452 e. The van der Waals surface area contributed by atoms with Crippen molar-refractivity contribution in [3.8, 4) is 11.3 Å². The Morgan fingerprint density at radius 1 is 1.00 bits per heavy atom. The van der Waals surface area contributed by atoms with Gasteiger partial charge in [-0.05, 0) is 31.4 Å². The molecule has 1 N–H and O–H groups in total. The van der Waals surface area contributed by atoms with E-state index in [9.17, 15) is 9.59 Å². The number of carbonyl (C=O) groups is 2. The normalized spacial score (nSPS) is 12.0. The van der Waals surface area contributed by atoms with E-state index >= 15 is 0 Å². The largest absolute Gasteiger partial charge is 0.452 e. The first kappa shape index (κ1) is 20.5. The molecule has 0 bridgehead atoms. The number of hydrogen-bond donors (Lipinski definition) is 1. The summed E-state index contributed by atoms with van der Waals surface area (Å²) in [4.78, 5) is 29.8. The van der Waals surface area contributed by atoms with Crippen LogP contribution >= 0.6 is 0 Å². The smallest absolute Gasteiger partial charge is 0.339 e. The molecule has 150 valence electrons. The lowest BCUT2D eigenvalue weighted by Crippen LogP contribution is -2.38. The molecule has 1 heterocycles. The van der Waals surface area contributed by atoms with Crippen molar-refractivity contribution in [3.63, 3.8) is 0 Å². The van der Waals surface area contributed by atoms with Crippen LogP contribution in [-0.4, -0.2) is 29.5 Å². The Kier molecular flexibility index (Phi) is 6.27. The monoisotopic (exact) mass is 390 g/mol. The van der Waals surface area contributed by atoms with Gasteiger partial charge in [-0.2, -0.15) is 0 Å². The SMILES string of the molecule is Cc1c(-c2ccccc2)nc2ccccc2c1C(=O)OCC(=O)N[C@@H](C)C(C)C. The van der Waals surface area contributed by atoms with Crippen molar-refractivity contribution >= 4 is 22.8 Å². The second-order valence-electron chi connectivity index (χ2n) is 7.52. The second-order valence-corrected chi connectivity index (χ2v) is 7.52. The molecule has 0 aliphatic heterocycles. The fraction of sp³-hybridized carbons (Fsp3) is 0.292. The van der Waals surface area contributed by atoms with Crippen LogP contribution in [0.15, 0.2) is 54.6 Å². The van der Waals surface area contributed by atoms with Crippen LogP contribution in [0, 0.1) is 12.8 Å². The molecule has 0 aliphatic carbocycles. The molecule has 5 heteroatoms. The highest BCUT2D eigenvalue weighted by Gasteiger charge is 2.21. The average molecular weight is 390 g/mol. The second kappa shape index (κ2) is 8.86. The van der Waals surface area contributed by atoms with E-state index in [0.29, 0.717) is 22.4 Å². The van der Waals surface area contributed by atoms with Gasteiger partial charge in [0.25, 0.3) is 5.91 Å². The number of ether oxygens (including phenoxy) is 1.